The molecule has 0 saturated heterocycles. The fraction of sp³-hybridized carbons (Fsp3) is 0.571. The minimum Gasteiger partial charge on any atom is -0.376 e. The topological polar surface area (TPSA) is 21.3 Å². The molecule has 1 aliphatic rings. The fourth-order valence-electron chi connectivity index (χ4n) is 2.38. The lowest BCUT2D eigenvalue weighted by Crippen LogP contribution is -2.42. The van der Waals surface area contributed by atoms with E-state index in [-0.39, 0.29) is 0 Å². The number of benzene rings is 1. The molecule has 2 nitrogen and oxygen atoms in total. The van der Waals surface area contributed by atoms with Crippen molar-refractivity contribution in [1.82, 2.24) is 5.32 Å². The van der Waals surface area contributed by atoms with Crippen molar-refractivity contribution in [2.45, 2.75) is 25.9 Å². The lowest BCUT2D eigenvalue weighted by molar-refractivity contribution is -0.0119. The molecule has 0 aliphatic heterocycles. The Hall–Kier alpha value is -0.860. The summed E-state index contributed by atoms with van der Waals surface area (Å²) in [5.41, 5.74) is 1.69. The maximum atomic E-state index is 5.84. The Kier molecular flexibility index (Phi) is 3.97. The summed E-state index contributed by atoms with van der Waals surface area (Å²) >= 11 is 0. The van der Waals surface area contributed by atoms with E-state index in [0.717, 1.165) is 19.8 Å². The van der Waals surface area contributed by atoms with Gasteiger partial charge in [-0.1, -0.05) is 36.8 Å². The highest BCUT2D eigenvalue weighted by atomic mass is 16.5. The molecule has 0 aromatic heterocycles. The fourth-order valence-corrected chi connectivity index (χ4v) is 2.38. The third-order valence-electron chi connectivity index (χ3n) is 3.49. The minimum atomic E-state index is 0.420. The first kappa shape index (κ1) is 11.6. The number of hydrogen-bond donors (Lipinski definition) is 1. The van der Waals surface area contributed by atoms with Crippen LogP contribution in [0.2, 0.25) is 0 Å². The molecule has 1 aromatic rings. The Morgan fingerprint density at radius 1 is 1.25 bits per heavy atom. The summed E-state index contributed by atoms with van der Waals surface area (Å²) in [7, 11) is 2.03. The molecule has 0 radical (unpaired) electrons. The quantitative estimate of drug-likeness (QED) is 0.794. The summed E-state index contributed by atoms with van der Waals surface area (Å²) in [5.74, 6) is 0. The van der Waals surface area contributed by atoms with Gasteiger partial charge >= 0.3 is 0 Å². The predicted molar refractivity (Wildman–Crippen MR) is 66.3 cm³/mol. The van der Waals surface area contributed by atoms with E-state index < -0.39 is 0 Å². The first-order chi connectivity index (χ1) is 7.85. The van der Waals surface area contributed by atoms with Crippen LogP contribution < -0.4 is 5.32 Å². The van der Waals surface area contributed by atoms with Crippen LogP contribution in [0.3, 0.4) is 0 Å². The third kappa shape index (κ3) is 2.83. The Labute approximate surface area is 98.0 Å². The van der Waals surface area contributed by atoms with Gasteiger partial charge in [0.05, 0.1) is 13.2 Å². The van der Waals surface area contributed by atoms with E-state index >= 15 is 0 Å². The van der Waals surface area contributed by atoms with Gasteiger partial charge in [-0.25, -0.2) is 0 Å². The smallest absolute Gasteiger partial charge is 0.0717 e. The second kappa shape index (κ2) is 5.46. The molecule has 1 aliphatic carbocycles. The molecule has 0 heterocycles. The Balaban J connectivity index is 1.75. The van der Waals surface area contributed by atoms with Gasteiger partial charge in [-0.2, -0.15) is 0 Å². The van der Waals surface area contributed by atoms with E-state index in [1.807, 2.05) is 13.1 Å². The van der Waals surface area contributed by atoms with Crippen molar-refractivity contribution >= 4 is 0 Å². The van der Waals surface area contributed by atoms with Crippen molar-refractivity contribution in [1.29, 1.82) is 0 Å². The van der Waals surface area contributed by atoms with Gasteiger partial charge in [-0.15, -0.1) is 0 Å². The number of ether oxygens (including phenoxy) is 1. The van der Waals surface area contributed by atoms with Crippen LogP contribution in [0.5, 0.6) is 0 Å². The van der Waals surface area contributed by atoms with Gasteiger partial charge in [0.1, 0.15) is 0 Å². The van der Waals surface area contributed by atoms with Crippen LogP contribution in [0.25, 0.3) is 0 Å². The summed E-state index contributed by atoms with van der Waals surface area (Å²) in [6.45, 7) is 2.72. The molecule has 1 fully saturated rings. The number of rotatable bonds is 6. The van der Waals surface area contributed by atoms with Crippen LogP contribution in [0.4, 0.5) is 0 Å². The Morgan fingerprint density at radius 2 is 2.00 bits per heavy atom. The zero-order chi connectivity index (χ0) is 11.3. The van der Waals surface area contributed by atoms with E-state index in [0.29, 0.717) is 5.41 Å². The van der Waals surface area contributed by atoms with Crippen molar-refractivity contribution in [3.63, 3.8) is 0 Å². The van der Waals surface area contributed by atoms with Crippen molar-refractivity contribution in [3.05, 3.63) is 35.9 Å². The van der Waals surface area contributed by atoms with Crippen molar-refractivity contribution < 1.29 is 4.74 Å². The maximum Gasteiger partial charge on any atom is 0.0717 e. The Bertz CT molecular complexity index is 306. The van der Waals surface area contributed by atoms with Gasteiger partial charge < -0.3 is 10.1 Å². The van der Waals surface area contributed by atoms with Gasteiger partial charge in [0.15, 0.2) is 0 Å². The second-order valence-corrected chi connectivity index (χ2v) is 4.86. The van der Waals surface area contributed by atoms with Crippen LogP contribution in [-0.4, -0.2) is 20.2 Å². The van der Waals surface area contributed by atoms with Gasteiger partial charge in [0, 0.05) is 12.0 Å². The highest BCUT2D eigenvalue weighted by molar-refractivity contribution is 5.13. The van der Waals surface area contributed by atoms with Crippen LogP contribution in [-0.2, 0) is 11.3 Å². The van der Waals surface area contributed by atoms with Crippen LogP contribution >= 0.6 is 0 Å². The average Bonchev–Trinajstić information content (AvgIpc) is 2.27. The molecule has 0 spiro atoms. The average molecular weight is 219 g/mol. The van der Waals surface area contributed by atoms with Gasteiger partial charge in [0.25, 0.3) is 0 Å². The number of hydrogen-bond acceptors (Lipinski definition) is 2. The lowest BCUT2D eigenvalue weighted by Gasteiger charge is -2.41. The molecule has 16 heavy (non-hydrogen) atoms. The van der Waals surface area contributed by atoms with E-state index in [1.165, 1.54) is 24.8 Å². The normalized spacial score (nSPS) is 18.1. The van der Waals surface area contributed by atoms with Crippen LogP contribution in [0, 0.1) is 5.41 Å². The summed E-state index contributed by atoms with van der Waals surface area (Å²) < 4.78 is 5.84. The summed E-state index contributed by atoms with van der Waals surface area (Å²) in [5, 5.41) is 3.28. The largest absolute Gasteiger partial charge is 0.376 e. The summed E-state index contributed by atoms with van der Waals surface area (Å²) in [4.78, 5) is 0. The van der Waals surface area contributed by atoms with E-state index in [2.05, 4.69) is 29.6 Å². The SMILES string of the molecule is CNCC1(COCc2ccccc2)CCC1. The molecule has 2 rings (SSSR count). The zero-order valence-corrected chi connectivity index (χ0v) is 10.0. The first-order valence-corrected chi connectivity index (χ1v) is 6.11. The van der Waals surface area contributed by atoms with Crippen LogP contribution in [0.1, 0.15) is 24.8 Å². The molecular weight excluding hydrogens is 198 g/mol. The molecule has 0 atom stereocenters. The van der Waals surface area contributed by atoms with E-state index in [1.54, 1.807) is 0 Å². The van der Waals surface area contributed by atoms with Crippen molar-refractivity contribution in [2.24, 2.45) is 5.41 Å². The van der Waals surface area contributed by atoms with Gasteiger partial charge in [-0.3, -0.25) is 0 Å². The first-order valence-electron chi connectivity index (χ1n) is 6.11. The molecule has 2 heteroatoms. The molecule has 1 saturated carbocycles. The molecule has 0 amide bonds. The van der Waals surface area contributed by atoms with Crippen LogP contribution in [0.15, 0.2) is 30.3 Å². The summed E-state index contributed by atoms with van der Waals surface area (Å²) in [6, 6.07) is 10.4. The number of nitrogens with one attached hydrogen (secondary N) is 1. The molecule has 88 valence electrons. The lowest BCUT2D eigenvalue weighted by atomic mass is 9.69. The van der Waals surface area contributed by atoms with E-state index in [4.69, 9.17) is 4.74 Å². The zero-order valence-electron chi connectivity index (χ0n) is 10.0. The monoisotopic (exact) mass is 219 g/mol. The highest BCUT2D eigenvalue weighted by Gasteiger charge is 2.36. The highest BCUT2D eigenvalue weighted by Crippen LogP contribution is 2.40. The molecular formula is C14H21NO. The minimum absolute atomic E-state index is 0.420. The second-order valence-electron chi connectivity index (χ2n) is 4.86. The standard InChI is InChI=1S/C14H21NO/c1-15-11-14(8-5-9-14)12-16-10-13-6-3-2-4-7-13/h2-4,6-7,15H,5,8-12H2,1H3. The molecule has 0 unspecified atom stereocenters. The maximum absolute atomic E-state index is 5.84. The molecule has 1 aromatic carbocycles. The molecule has 0 bridgehead atoms. The third-order valence-corrected chi connectivity index (χ3v) is 3.49. The molecule has 1 N–H and O–H groups in total. The van der Waals surface area contributed by atoms with E-state index in [9.17, 15) is 0 Å². The van der Waals surface area contributed by atoms with Crippen molar-refractivity contribution in [3.8, 4) is 0 Å². The van der Waals surface area contributed by atoms with Gasteiger partial charge in [-0.05, 0) is 25.5 Å². The Morgan fingerprint density at radius 3 is 2.56 bits per heavy atom. The predicted octanol–water partition coefficient (Wildman–Crippen LogP) is 2.59. The van der Waals surface area contributed by atoms with Gasteiger partial charge in [0.2, 0.25) is 0 Å². The summed E-state index contributed by atoms with van der Waals surface area (Å²) in [6.07, 6.45) is 3.97. The van der Waals surface area contributed by atoms with Crippen molar-refractivity contribution in [2.75, 3.05) is 20.2 Å².